The molecule has 142 valence electrons. The fourth-order valence-electron chi connectivity index (χ4n) is 3.26. The summed E-state index contributed by atoms with van der Waals surface area (Å²) in [5.74, 6) is 0.480. The summed E-state index contributed by atoms with van der Waals surface area (Å²) in [6.45, 7) is 4.87. The van der Waals surface area contributed by atoms with Gasteiger partial charge in [0.15, 0.2) is 0 Å². The molecule has 0 aliphatic heterocycles. The van der Waals surface area contributed by atoms with Gasteiger partial charge in [0.05, 0.1) is 7.11 Å². The number of ether oxygens (including phenoxy) is 1. The van der Waals surface area contributed by atoms with Gasteiger partial charge < -0.3 is 15.0 Å². The average Bonchev–Trinajstić information content (AvgIpc) is 3.49. The number of nitrogens with zero attached hydrogens (tertiary/aromatic N) is 1. The molecule has 2 aromatic rings. The van der Waals surface area contributed by atoms with E-state index in [0.717, 1.165) is 22.6 Å². The van der Waals surface area contributed by atoms with Crippen molar-refractivity contribution in [3.05, 3.63) is 59.7 Å². The zero-order chi connectivity index (χ0) is 19.4. The predicted octanol–water partition coefficient (Wildman–Crippen LogP) is 3.45. The Labute approximate surface area is 160 Å². The van der Waals surface area contributed by atoms with Crippen LogP contribution in [0.4, 0.5) is 5.69 Å². The lowest BCUT2D eigenvalue weighted by molar-refractivity contribution is -0.135. The quantitative estimate of drug-likeness (QED) is 0.764. The van der Waals surface area contributed by atoms with Crippen molar-refractivity contribution in [1.82, 2.24) is 5.32 Å². The van der Waals surface area contributed by atoms with Gasteiger partial charge in [-0.15, -0.1) is 0 Å². The molecule has 0 spiro atoms. The third kappa shape index (κ3) is 3.97. The van der Waals surface area contributed by atoms with Gasteiger partial charge in [-0.05, 0) is 62.1 Å². The molecule has 1 aliphatic rings. The van der Waals surface area contributed by atoms with Gasteiger partial charge in [0, 0.05) is 18.8 Å². The van der Waals surface area contributed by atoms with Gasteiger partial charge in [-0.2, -0.15) is 0 Å². The molecule has 3 rings (SSSR count). The number of carbonyl (C=O) groups excluding carboxylic acids is 2. The molecular formula is C22H26N2O3. The predicted molar refractivity (Wildman–Crippen MR) is 106 cm³/mol. The second kappa shape index (κ2) is 7.82. The summed E-state index contributed by atoms with van der Waals surface area (Å²) >= 11 is 0. The van der Waals surface area contributed by atoms with Gasteiger partial charge in [-0.1, -0.05) is 24.3 Å². The molecule has 0 unspecified atom stereocenters. The number of hydrogen-bond acceptors (Lipinski definition) is 3. The van der Waals surface area contributed by atoms with E-state index in [0.29, 0.717) is 25.9 Å². The number of benzene rings is 2. The van der Waals surface area contributed by atoms with E-state index in [9.17, 15) is 9.59 Å². The normalized spacial score (nSPS) is 14.3. The monoisotopic (exact) mass is 366 g/mol. The van der Waals surface area contributed by atoms with E-state index in [4.69, 9.17) is 4.74 Å². The Balaban J connectivity index is 1.68. The SMILES string of the molecule is CCN(C(=O)C1(C(=O)NCc2ccc(OC)cc2)CC1)c1cccc(C)c1. The first-order chi connectivity index (χ1) is 13.0. The van der Waals surface area contributed by atoms with Gasteiger partial charge in [-0.3, -0.25) is 9.59 Å². The summed E-state index contributed by atoms with van der Waals surface area (Å²) in [6, 6.07) is 15.4. The highest BCUT2D eigenvalue weighted by atomic mass is 16.5. The molecule has 0 bridgehead atoms. The van der Waals surface area contributed by atoms with E-state index >= 15 is 0 Å². The zero-order valence-electron chi connectivity index (χ0n) is 16.1. The molecule has 1 saturated carbocycles. The Morgan fingerprint density at radius 3 is 2.41 bits per heavy atom. The highest BCUT2D eigenvalue weighted by Crippen LogP contribution is 2.48. The van der Waals surface area contributed by atoms with E-state index < -0.39 is 5.41 Å². The number of aryl methyl sites for hydroxylation is 1. The van der Waals surface area contributed by atoms with Crippen molar-refractivity contribution < 1.29 is 14.3 Å². The van der Waals surface area contributed by atoms with Crippen molar-refractivity contribution in [2.45, 2.75) is 33.2 Å². The van der Waals surface area contributed by atoms with E-state index in [1.54, 1.807) is 12.0 Å². The summed E-state index contributed by atoms with van der Waals surface area (Å²) in [7, 11) is 1.62. The molecule has 1 N–H and O–H groups in total. The van der Waals surface area contributed by atoms with Crippen molar-refractivity contribution in [3.8, 4) is 5.75 Å². The Morgan fingerprint density at radius 2 is 1.85 bits per heavy atom. The van der Waals surface area contributed by atoms with Crippen molar-refractivity contribution in [2.24, 2.45) is 5.41 Å². The van der Waals surface area contributed by atoms with E-state index in [2.05, 4.69) is 5.32 Å². The number of nitrogens with one attached hydrogen (secondary N) is 1. The second-order valence-electron chi connectivity index (χ2n) is 7.00. The minimum Gasteiger partial charge on any atom is -0.497 e. The maximum Gasteiger partial charge on any atom is 0.242 e. The molecule has 2 aromatic carbocycles. The molecule has 0 saturated heterocycles. The highest BCUT2D eigenvalue weighted by Gasteiger charge is 2.57. The highest BCUT2D eigenvalue weighted by molar-refractivity contribution is 6.14. The Kier molecular flexibility index (Phi) is 5.49. The number of methoxy groups -OCH3 is 1. The first kappa shape index (κ1) is 19.0. The number of anilines is 1. The lowest BCUT2D eigenvalue weighted by Gasteiger charge is -2.26. The van der Waals surface area contributed by atoms with Crippen molar-refractivity contribution in [1.29, 1.82) is 0 Å². The maximum absolute atomic E-state index is 13.2. The number of hydrogen-bond donors (Lipinski definition) is 1. The minimum atomic E-state index is -0.924. The van der Waals surface area contributed by atoms with Crippen LogP contribution in [0.2, 0.25) is 0 Å². The van der Waals surface area contributed by atoms with Crippen LogP contribution in [0.25, 0.3) is 0 Å². The summed E-state index contributed by atoms with van der Waals surface area (Å²) in [5, 5.41) is 2.93. The van der Waals surface area contributed by atoms with Crippen LogP contribution in [0, 0.1) is 12.3 Å². The van der Waals surface area contributed by atoms with Crippen LogP contribution < -0.4 is 15.0 Å². The maximum atomic E-state index is 13.2. The minimum absolute atomic E-state index is 0.108. The standard InChI is InChI=1S/C22H26N2O3/c1-4-24(18-7-5-6-16(2)14-18)21(26)22(12-13-22)20(25)23-15-17-8-10-19(27-3)11-9-17/h5-11,14H,4,12-13,15H2,1-3H3,(H,23,25). The third-order valence-corrected chi connectivity index (χ3v) is 5.08. The molecule has 2 amide bonds. The van der Waals surface area contributed by atoms with Crippen LogP contribution in [-0.4, -0.2) is 25.5 Å². The van der Waals surface area contributed by atoms with E-state index in [1.165, 1.54) is 0 Å². The fraction of sp³-hybridized carbons (Fsp3) is 0.364. The smallest absolute Gasteiger partial charge is 0.242 e. The first-order valence-electron chi connectivity index (χ1n) is 9.30. The summed E-state index contributed by atoms with van der Waals surface area (Å²) in [6.07, 6.45) is 1.20. The van der Waals surface area contributed by atoms with Gasteiger partial charge in [0.1, 0.15) is 11.2 Å². The van der Waals surface area contributed by atoms with Crippen LogP contribution >= 0.6 is 0 Å². The lowest BCUT2D eigenvalue weighted by atomic mass is 10.0. The number of carbonyl (C=O) groups is 2. The van der Waals surface area contributed by atoms with Gasteiger partial charge >= 0.3 is 0 Å². The Bertz CT molecular complexity index is 826. The molecule has 0 aromatic heterocycles. The number of rotatable bonds is 7. The molecule has 0 heterocycles. The van der Waals surface area contributed by atoms with Crippen molar-refractivity contribution >= 4 is 17.5 Å². The Morgan fingerprint density at radius 1 is 1.15 bits per heavy atom. The summed E-state index contributed by atoms with van der Waals surface area (Å²) < 4.78 is 5.14. The molecule has 5 heteroatoms. The molecular weight excluding hydrogens is 340 g/mol. The third-order valence-electron chi connectivity index (χ3n) is 5.08. The topological polar surface area (TPSA) is 58.6 Å². The average molecular weight is 366 g/mol. The van der Waals surface area contributed by atoms with Gasteiger partial charge in [-0.25, -0.2) is 0 Å². The molecule has 1 fully saturated rings. The molecule has 27 heavy (non-hydrogen) atoms. The number of amides is 2. The van der Waals surface area contributed by atoms with Crippen LogP contribution in [0.5, 0.6) is 5.75 Å². The largest absolute Gasteiger partial charge is 0.497 e. The lowest BCUT2D eigenvalue weighted by Crippen LogP contribution is -2.45. The molecule has 0 atom stereocenters. The van der Waals surface area contributed by atoms with Crippen LogP contribution in [0.3, 0.4) is 0 Å². The second-order valence-corrected chi connectivity index (χ2v) is 7.00. The zero-order valence-corrected chi connectivity index (χ0v) is 16.1. The summed E-state index contributed by atoms with van der Waals surface area (Å²) in [4.78, 5) is 27.7. The van der Waals surface area contributed by atoms with Crippen molar-refractivity contribution in [2.75, 3.05) is 18.6 Å². The van der Waals surface area contributed by atoms with Gasteiger partial charge in [0.2, 0.25) is 11.8 Å². The van der Waals surface area contributed by atoms with Crippen LogP contribution in [0.1, 0.15) is 30.9 Å². The van der Waals surface area contributed by atoms with Crippen LogP contribution in [0.15, 0.2) is 48.5 Å². The van der Waals surface area contributed by atoms with Gasteiger partial charge in [0.25, 0.3) is 0 Å². The first-order valence-corrected chi connectivity index (χ1v) is 9.30. The van der Waals surface area contributed by atoms with E-state index in [1.807, 2.05) is 62.4 Å². The molecule has 5 nitrogen and oxygen atoms in total. The Hall–Kier alpha value is -2.82. The molecule has 1 aliphatic carbocycles. The van der Waals surface area contributed by atoms with Crippen LogP contribution in [-0.2, 0) is 16.1 Å². The molecule has 0 radical (unpaired) electrons. The fourth-order valence-corrected chi connectivity index (χ4v) is 3.26. The van der Waals surface area contributed by atoms with E-state index in [-0.39, 0.29) is 11.8 Å². The van der Waals surface area contributed by atoms with Crippen molar-refractivity contribution in [3.63, 3.8) is 0 Å². The summed E-state index contributed by atoms with van der Waals surface area (Å²) in [5.41, 5.74) is 1.98.